The number of nitrogens with zero attached hydrogens (tertiary/aromatic N) is 1. The molecule has 0 aromatic heterocycles. The van der Waals surface area contributed by atoms with Crippen molar-refractivity contribution in [1.29, 1.82) is 0 Å². The molecule has 0 atom stereocenters. The minimum absolute atomic E-state index is 0.350. The van der Waals surface area contributed by atoms with E-state index in [-0.39, 0.29) is 0 Å². The number of hydrogen-bond acceptors (Lipinski definition) is 6. The molecule has 0 aliphatic heterocycles. The molecule has 29 heavy (non-hydrogen) atoms. The monoisotopic (exact) mass is 419 g/mol. The zero-order valence-electron chi connectivity index (χ0n) is 16.3. The lowest BCUT2D eigenvalue weighted by molar-refractivity contribution is -0.136. The van der Waals surface area contributed by atoms with Crippen molar-refractivity contribution in [3.63, 3.8) is 0 Å². The predicted molar refractivity (Wildman–Crippen MR) is 111 cm³/mol. The van der Waals surface area contributed by atoms with Gasteiger partial charge >= 0.3 is 11.8 Å². The van der Waals surface area contributed by atoms with Gasteiger partial charge in [0.05, 0.1) is 31.6 Å². The Bertz CT molecular complexity index is 884. The summed E-state index contributed by atoms with van der Waals surface area (Å²) >= 11 is 6.23. The molecule has 0 heterocycles. The smallest absolute Gasteiger partial charge is 0.329 e. The quantitative estimate of drug-likeness (QED) is 0.389. The largest absolute Gasteiger partial charge is 0.497 e. The number of amides is 2. The number of ether oxygens (including phenoxy) is 3. The van der Waals surface area contributed by atoms with E-state index in [2.05, 4.69) is 15.8 Å². The molecule has 0 spiro atoms. The molecule has 0 saturated carbocycles. The first-order valence-electron chi connectivity index (χ1n) is 8.86. The third kappa shape index (κ3) is 6.39. The van der Waals surface area contributed by atoms with Crippen LogP contribution in [0.5, 0.6) is 17.2 Å². The number of halogens is 1. The van der Waals surface area contributed by atoms with Gasteiger partial charge in [0.2, 0.25) is 0 Å². The summed E-state index contributed by atoms with van der Waals surface area (Å²) < 4.78 is 16.0. The van der Waals surface area contributed by atoms with Crippen LogP contribution in [0.25, 0.3) is 0 Å². The van der Waals surface area contributed by atoms with Crippen molar-refractivity contribution < 1.29 is 23.8 Å². The summed E-state index contributed by atoms with van der Waals surface area (Å²) in [5, 5.41) is 6.60. The Morgan fingerprint density at radius 2 is 1.76 bits per heavy atom. The predicted octanol–water partition coefficient (Wildman–Crippen LogP) is 3.23. The maximum absolute atomic E-state index is 11.9. The van der Waals surface area contributed by atoms with Crippen LogP contribution in [0.4, 0.5) is 5.69 Å². The Hall–Kier alpha value is -3.26. The number of nitrogens with one attached hydrogen (secondary N) is 2. The number of hydrazone groups is 1. The summed E-state index contributed by atoms with van der Waals surface area (Å²) in [5.41, 5.74) is 3.18. The number of hydrogen-bond donors (Lipinski definition) is 2. The molecule has 0 bridgehead atoms. The Labute approximate surface area is 173 Å². The van der Waals surface area contributed by atoms with Crippen LogP contribution in [0.1, 0.15) is 19.4 Å². The van der Waals surface area contributed by atoms with Crippen LogP contribution >= 0.6 is 11.6 Å². The topological polar surface area (TPSA) is 98.2 Å². The molecular weight excluding hydrogens is 398 g/mol. The molecule has 8 nitrogen and oxygen atoms in total. The average molecular weight is 420 g/mol. The molecule has 9 heteroatoms. The van der Waals surface area contributed by atoms with E-state index in [4.69, 9.17) is 25.8 Å². The molecule has 2 aromatic carbocycles. The molecule has 0 saturated heterocycles. The second-order valence-electron chi connectivity index (χ2n) is 5.58. The molecular formula is C20H22ClN3O5. The van der Waals surface area contributed by atoms with Gasteiger partial charge in [0.25, 0.3) is 0 Å². The highest BCUT2D eigenvalue weighted by molar-refractivity contribution is 6.39. The van der Waals surface area contributed by atoms with Crippen molar-refractivity contribution in [3.05, 3.63) is 47.0 Å². The molecule has 2 amide bonds. The van der Waals surface area contributed by atoms with E-state index in [1.165, 1.54) is 13.3 Å². The third-order valence-electron chi connectivity index (χ3n) is 3.55. The highest BCUT2D eigenvalue weighted by atomic mass is 35.5. The van der Waals surface area contributed by atoms with Gasteiger partial charge in [-0.05, 0) is 55.8 Å². The van der Waals surface area contributed by atoms with Gasteiger partial charge in [0.1, 0.15) is 5.75 Å². The van der Waals surface area contributed by atoms with Crippen molar-refractivity contribution in [3.8, 4) is 17.2 Å². The van der Waals surface area contributed by atoms with Gasteiger partial charge < -0.3 is 19.5 Å². The van der Waals surface area contributed by atoms with Crippen molar-refractivity contribution >= 4 is 35.3 Å². The molecule has 154 valence electrons. The van der Waals surface area contributed by atoms with Crippen LogP contribution in [0.2, 0.25) is 5.02 Å². The summed E-state index contributed by atoms with van der Waals surface area (Å²) in [5.74, 6) is -0.230. The van der Waals surface area contributed by atoms with Gasteiger partial charge in [-0.2, -0.15) is 5.10 Å². The molecule has 0 aliphatic rings. The second kappa shape index (κ2) is 10.9. The Balaban J connectivity index is 2.00. The van der Waals surface area contributed by atoms with Crippen molar-refractivity contribution in [2.75, 3.05) is 25.6 Å². The normalized spacial score (nSPS) is 10.5. The fourth-order valence-corrected chi connectivity index (χ4v) is 2.56. The van der Waals surface area contributed by atoms with E-state index in [1.54, 1.807) is 36.4 Å². The second-order valence-corrected chi connectivity index (χ2v) is 5.98. The average Bonchev–Trinajstić information content (AvgIpc) is 2.71. The lowest BCUT2D eigenvalue weighted by atomic mass is 10.2. The van der Waals surface area contributed by atoms with Crippen molar-refractivity contribution in [1.82, 2.24) is 5.43 Å². The van der Waals surface area contributed by atoms with E-state index in [0.717, 1.165) is 0 Å². The minimum atomic E-state index is -0.917. The minimum Gasteiger partial charge on any atom is -0.497 e. The third-order valence-corrected chi connectivity index (χ3v) is 3.83. The molecule has 2 rings (SSSR count). The lowest BCUT2D eigenvalue weighted by Crippen LogP contribution is -2.32. The summed E-state index contributed by atoms with van der Waals surface area (Å²) in [4.78, 5) is 23.8. The highest BCUT2D eigenvalue weighted by Crippen LogP contribution is 2.36. The van der Waals surface area contributed by atoms with E-state index in [0.29, 0.717) is 46.7 Å². The SMILES string of the molecule is CCOc1cc(/C=N\NC(=O)C(=O)Nc2ccc(OC)cc2)cc(Cl)c1OCC. The molecule has 0 unspecified atom stereocenters. The fourth-order valence-electron chi connectivity index (χ4n) is 2.29. The summed E-state index contributed by atoms with van der Waals surface area (Å²) in [6.07, 6.45) is 1.35. The van der Waals surface area contributed by atoms with Gasteiger partial charge in [-0.1, -0.05) is 11.6 Å². The number of rotatable bonds is 8. The van der Waals surface area contributed by atoms with Crippen LogP contribution in [-0.2, 0) is 9.59 Å². The first-order valence-corrected chi connectivity index (χ1v) is 9.23. The number of methoxy groups -OCH3 is 1. The first kappa shape index (κ1) is 22.0. The number of carbonyl (C=O) groups is 2. The maximum atomic E-state index is 11.9. The Morgan fingerprint density at radius 1 is 1.07 bits per heavy atom. The summed E-state index contributed by atoms with van der Waals surface area (Å²) in [6, 6.07) is 9.85. The molecule has 2 N–H and O–H groups in total. The van der Waals surface area contributed by atoms with Crippen LogP contribution in [0.15, 0.2) is 41.5 Å². The van der Waals surface area contributed by atoms with Gasteiger partial charge in [0, 0.05) is 5.69 Å². The highest BCUT2D eigenvalue weighted by Gasteiger charge is 2.14. The van der Waals surface area contributed by atoms with Gasteiger partial charge in [-0.3, -0.25) is 9.59 Å². The van der Waals surface area contributed by atoms with Crippen molar-refractivity contribution in [2.24, 2.45) is 5.10 Å². The van der Waals surface area contributed by atoms with E-state index < -0.39 is 11.8 Å². The lowest BCUT2D eigenvalue weighted by Gasteiger charge is -2.13. The number of anilines is 1. The Morgan fingerprint density at radius 3 is 2.38 bits per heavy atom. The number of carbonyl (C=O) groups excluding carboxylic acids is 2. The fraction of sp³-hybridized carbons (Fsp3) is 0.250. The van der Waals surface area contributed by atoms with E-state index >= 15 is 0 Å². The van der Waals surface area contributed by atoms with Gasteiger partial charge in [-0.25, -0.2) is 5.43 Å². The molecule has 0 radical (unpaired) electrons. The van der Waals surface area contributed by atoms with Gasteiger partial charge in [0.15, 0.2) is 11.5 Å². The van der Waals surface area contributed by atoms with Crippen LogP contribution in [0.3, 0.4) is 0 Å². The van der Waals surface area contributed by atoms with Crippen molar-refractivity contribution in [2.45, 2.75) is 13.8 Å². The van der Waals surface area contributed by atoms with Crippen LogP contribution < -0.4 is 25.0 Å². The number of benzene rings is 2. The zero-order valence-corrected chi connectivity index (χ0v) is 17.1. The summed E-state index contributed by atoms with van der Waals surface area (Å²) in [6.45, 7) is 4.55. The maximum Gasteiger partial charge on any atom is 0.329 e. The Kier molecular flexibility index (Phi) is 8.29. The molecule has 0 aliphatic carbocycles. The van der Waals surface area contributed by atoms with E-state index in [1.807, 2.05) is 13.8 Å². The summed E-state index contributed by atoms with van der Waals surface area (Å²) in [7, 11) is 1.54. The van der Waals surface area contributed by atoms with Crippen LogP contribution in [-0.4, -0.2) is 38.4 Å². The zero-order chi connectivity index (χ0) is 21.2. The van der Waals surface area contributed by atoms with Crippen LogP contribution in [0, 0.1) is 0 Å². The van der Waals surface area contributed by atoms with Gasteiger partial charge in [-0.15, -0.1) is 0 Å². The first-order chi connectivity index (χ1) is 14.0. The molecule has 0 fully saturated rings. The standard InChI is InChI=1S/C20H22ClN3O5/c1-4-28-17-11-13(10-16(21)18(17)29-5-2)12-22-24-20(26)19(25)23-14-6-8-15(27-3)9-7-14/h6-12H,4-5H2,1-3H3,(H,23,25)(H,24,26)/b22-12-. The molecule has 2 aromatic rings. The van der Waals surface area contributed by atoms with E-state index in [9.17, 15) is 9.59 Å².